The smallest absolute Gasteiger partial charge is 0.198 e. The molecular formula is C85H94N6O16. The van der Waals surface area contributed by atoms with Crippen molar-refractivity contribution in [2.24, 2.45) is 0 Å². The number of nitrogens with zero attached hydrogens (tertiary/aromatic N) is 6. The fraction of sp³-hybridized carbons (Fsp3) is 0.318. The second-order valence-corrected chi connectivity index (χ2v) is 25.9. The number of morpholine rings is 5. The summed E-state index contributed by atoms with van der Waals surface area (Å²) in [6, 6.07) is 53.4. The second-order valence-electron chi connectivity index (χ2n) is 25.9. The number of aryl methyl sites for hydroxylation is 1. The summed E-state index contributed by atoms with van der Waals surface area (Å²) in [5.74, 6) is 0.199. The Morgan fingerprint density at radius 1 is 0.383 bits per heavy atom. The number of phenolic OH excluding ortho intramolecular Hbond substituents is 5. The first-order valence-electron chi connectivity index (χ1n) is 36.2. The predicted octanol–water partition coefficient (Wildman–Crippen LogP) is 12.3. The number of unbranched alkanes of at least 4 members (excludes halogenated alkanes) is 1. The number of anilines is 5. The van der Waals surface area contributed by atoms with E-state index in [4.69, 9.17) is 28.4 Å². The van der Waals surface area contributed by atoms with Crippen molar-refractivity contribution in [2.75, 3.05) is 163 Å². The van der Waals surface area contributed by atoms with Gasteiger partial charge in [0.25, 0.3) is 0 Å². The summed E-state index contributed by atoms with van der Waals surface area (Å²) < 4.78 is 31.7. The van der Waals surface area contributed by atoms with Gasteiger partial charge in [-0.05, 0) is 122 Å². The van der Waals surface area contributed by atoms with Crippen LogP contribution in [0.3, 0.4) is 0 Å². The number of carbonyl (C=O) groups excluding carboxylic acids is 5. The monoisotopic (exact) mass is 1450 g/mol. The summed E-state index contributed by atoms with van der Waals surface area (Å²) in [6.45, 7) is 18.8. The molecule has 107 heavy (non-hydrogen) atoms. The van der Waals surface area contributed by atoms with E-state index in [1.807, 2.05) is 85.8 Å². The van der Waals surface area contributed by atoms with E-state index in [-0.39, 0.29) is 57.7 Å². The van der Waals surface area contributed by atoms with E-state index in [0.29, 0.717) is 129 Å². The minimum Gasteiger partial charge on any atom is -0.507 e. The molecule has 0 spiro atoms. The van der Waals surface area contributed by atoms with Gasteiger partial charge in [0.2, 0.25) is 0 Å². The van der Waals surface area contributed by atoms with Crippen molar-refractivity contribution in [1.82, 2.24) is 4.98 Å². The van der Waals surface area contributed by atoms with Crippen molar-refractivity contribution in [3.05, 3.63) is 250 Å². The molecule has 22 nitrogen and oxygen atoms in total. The van der Waals surface area contributed by atoms with Gasteiger partial charge in [0.1, 0.15) is 34.5 Å². The van der Waals surface area contributed by atoms with Crippen LogP contribution in [-0.4, -0.2) is 198 Å². The van der Waals surface area contributed by atoms with Gasteiger partial charge in [-0.25, -0.2) is 0 Å². The Hall–Kier alpha value is -11.1. The van der Waals surface area contributed by atoms with Crippen LogP contribution in [0.5, 0.6) is 34.5 Å². The number of aromatic nitrogens is 1. The highest BCUT2D eigenvalue weighted by Gasteiger charge is 2.24. The molecule has 0 atom stereocenters. The molecule has 1 aromatic heterocycles. The van der Waals surface area contributed by atoms with Gasteiger partial charge in [0, 0.05) is 166 Å². The first kappa shape index (κ1) is 78.4. The molecule has 5 N–H and O–H groups in total. The van der Waals surface area contributed by atoms with Crippen molar-refractivity contribution in [3.8, 4) is 34.5 Å². The number of pyridine rings is 1. The third-order valence-corrected chi connectivity index (χ3v) is 18.8. The van der Waals surface area contributed by atoms with Gasteiger partial charge < -0.3 is 78.5 Å². The molecule has 14 rings (SSSR count). The Kier molecular flexibility index (Phi) is 29.2. The summed E-state index contributed by atoms with van der Waals surface area (Å²) in [5.41, 5.74) is 9.80. The lowest BCUT2D eigenvalue weighted by molar-refractivity contribution is 0.0972. The van der Waals surface area contributed by atoms with E-state index in [0.717, 1.165) is 118 Å². The zero-order valence-corrected chi connectivity index (χ0v) is 60.9. The highest BCUT2D eigenvalue weighted by molar-refractivity contribution is 6.12. The van der Waals surface area contributed by atoms with Crippen LogP contribution in [-0.2, 0) is 30.1 Å². The number of methoxy groups -OCH3 is 1. The van der Waals surface area contributed by atoms with Crippen molar-refractivity contribution in [2.45, 2.75) is 39.5 Å². The standard InChI is InChI=1S/C18H19NO4.2C18H19NO3.C16H16N2O3.C15H21NO3/c1-22-15-5-2-13(3-6-15)18(21)16-7-4-14(12-17(16)20)19-8-10-23-11-9-19;1-13-4-2-3-5-15(13)18(21)16-7-6-14(12-17(16)20)19-8-10-22-11-9-19;20-17(12-14-4-2-1-3-5-14)16-7-6-15(13-18(16)21)19-8-10-22-11-9-19;19-15-10-13(18-6-8-21-9-7-18)3-4-14(15)16(20)12-2-1-5-17-11-12;1-2-3-4-14(17)13-6-5-12(11-15(13)18)16-7-9-19-10-8-16/h2-7,12,20H,8-11H2,1H3;2-7,12,20H,8-11H2,1H3;1-7,13,21H,8-12H2;1-5,10-11,19H,6-9H2;5-6,11,18H,2-4,7-10H2,1H3. The summed E-state index contributed by atoms with van der Waals surface area (Å²) in [7, 11) is 1.58. The maximum atomic E-state index is 12.6. The number of rotatable bonds is 19. The number of hydrogen-bond donors (Lipinski definition) is 5. The highest BCUT2D eigenvalue weighted by Crippen LogP contribution is 2.33. The molecule has 22 heteroatoms. The summed E-state index contributed by atoms with van der Waals surface area (Å²) in [5, 5.41) is 50.9. The van der Waals surface area contributed by atoms with E-state index >= 15 is 0 Å². The second kappa shape index (κ2) is 39.8. The van der Waals surface area contributed by atoms with Crippen molar-refractivity contribution in [1.29, 1.82) is 0 Å². The number of ketones is 5. The first-order chi connectivity index (χ1) is 52.1. The molecule has 8 aromatic carbocycles. The molecule has 560 valence electrons. The van der Waals surface area contributed by atoms with Gasteiger partial charge in [-0.3, -0.25) is 29.0 Å². The van der Waals surface area contributed by atoms with Crippen molar-refractivity contribution < 1.29 is 77.9 Å². The molecule has 0 radical (unpaired) electrons. The molecule has 6 heterocycles. The largest absolute Gasteiger partial charge is 0.507 e. The fourth-order valence-corrected chi connectivity index (χ4v) is 12.6. The number of Topliss-reactive ketones (excluding diaryl/α,β-unsaturated/α-hetero) is 2. The lowest BCUT2D eigenvalue weighted by Crippen LogP contribution is -2.36. The average molecular weight is 1460 g/mol. The Bertz CT molecular complexity index is 4400. The maximum absolute atomic E-state index is 12.6. The molecule has 5 aliphatic heterocycles. The Morgan fingerprint density at radius 3 is 1.09 bits per heavy atom. The van der Waals surface area contributed by atoms with E-state index in [9.17, 15) is 49.5 Å². The molecule has 5 saturated heterocycles. The molecule has 9 aromatic rings. The summed E-state index contributed by atoms with van der Waals surface area (Å²) >= 11 is 0. The van der Waals surface area contributed by atoms with Crippen LogP contribution < -0.4 is 29.2 Å². The van der Waals surface area contributed by atoms with Gasteiger partial charge in [0.05, 0.1) is 101 Å². The molecule has 5 aliphatic rings. The number of aromatic hydroxyl groups is 5. The average Bonchev–Trinajstić information content (AvgIpc) is 0.652. The van der Waals surface area contributed by atoms with Gasteiger partial charge >= 0.3 is 0 Å². The van der Waals surface area contributed by atoms with E-state index in [1.54, 1.807) is 116 Å². The van der Waals surface area contributed by atoms with E-state index < -0.39 is 0 Å². The van der Waals surface area contributed by atoms with Gasteiger partial charge in [-0.15, -0.1) is 0 Å². The SMILES string of the molecule is CCCCC(=O)c1ccc(N2CCOCC2)cc1O.COc1ccc(C(=O)c2ccc(N3CCOCC3)cc2O)cc1.Cc1ccccc1C(=O)c1ccc(N2CCOCC2)cc1O.O=C(Cc1ccccc1)c1ccc(N2CCOCC2)cc1O.O=C(c1cccnc1)c1ccc(N2CCOCC2)cc1O. The van der Waals surface area contributed by atoms with E-state index in [1.165, 1.54) is 6.20 Å². The van der Waals surface area contributed by atoms with Gasteiger partial charge in [-0.1, -0.05) is 67.9 Å². The lowest BCUT2D eigenvalue weighted by Gasteiger charge is -2.29. The van der Waals surface area contributed by atoms with Crippen LogP contribution >= 0.6 is 0 Å². The molecule has 5 fully saturated rings. The summed E-state index contributed by atoms with van der Waals surface area (Å²) in [6.07, 6.45) is 5.75. The van der Waals surface area contributed by atoms with Crippen molar-refractivity contribution in [3.63, 3.8) is 0 Å². The number of ether oxygens (including phenoxy) is 6. The molecule has 0 bridgehead atoms. The minimum absolute atomic E-state index is 0.00481. The first-order valence-corrected chi connectivity index (χ1v) is 36.2. The zero-order chi connectivity index (χ0) is 75.4. The molecular weight excluding hydrogens is 1360 g/mol. The molecule has 0 saturated carbocycles. The number of carbonyl (C=O) groups is 5. The number of hydrogen-bond acceptors (Lipinski definition) is 22. The predicted molar refractivity (Wildman–Crippen MR) is 413 cm³/mol. The van der Waals surface area contributed by atoms with Crippen LogP contribution in [0.15, 0.2) is 194 Å². The van der Waals surface area contributed by atoms with Crippen LogP contribution in [0, 0.1) is 6.92 Å². The third-order valence-electron chi connectivity index (χ3n) is 18.8. The van der Waals surface area contributed by atoms with Gasteiger partial charge in [0.15, 0.2) is 28.9 Å². The Labute approximate surface area is 624 Å². The normalized spacial score (nSPS) is 14.9. The minimum atomic E-state index is -0.228. The highest BCUT2D eigenvalue weighted by atomic mass is 16.5. The lowest BCUT2D eigenvalue weighted by atomic mass is 9.98. The molecule has 0 aliphatic carbocycles. The topological polar surface area (TPSA) is 271 Å². The molecule has 0 unspecified atom stereocenters. The molecule has 0 amide bonds. The Morgan fingerprint density at radius 2 is 0.738 bits per heavy atom. The van der Waals surface area contributed by atoms with Crippen LogP contribution in [0.4, 0.5) is 28.4 Å². The van der Waals surface area contributed by atoms with Crippen molar-refractivity contribution >= 4 is 57.4 Å². The van der Waals surface area contributed by atoms with Crippen LogP contribution in [0.25, 0.3) is 0 Å². The number of benzene rings is 8. The van der Waals surface area contributed by atoms with Crippen LogP contribution in [0.2, 0.25) is 0 Å². The third kappa shape index (κ3) is 22.0. The fourth-order valence-electron chi connectivity index (χ4n) is 12.6. The van der Waals surface area contributed by atoms with Gasteiger partial charge in [-0.2, -0.15) is 0 Å². The zero-order valence-electron chi connectivity index (χ0n) is 60.9. The quantitative estimate of drug-likeness (QED) is 0.0471. The van der Waals surface area contributed by atoms with Crippen LogP contribution in [0.1, 0.15) is 106 Å². The summed E-state index contributed by atoms with van der Waals surface area (Å²) in [4.78, 5) is 76.3. The van der Waals surface area contributed by atoms with E-state index in [2.05, 4.69) is 36.4 Å². The Balaban J connectivity index is 0.000000143. The maximum Gasteiger partial charge on any atom is 0.198 e. The number of phenols is 5.